The molecule has 2 aromatic carbocycles. The minimum Gasteiger partial charge on any atom is -0.493 e. The molecule has 9 heteroatoms. The Kier molecular flexibility index (Phi) is 5.10. The number of sulfonamides is 1. The van der Waals surface area contributed by atoms with Gasteiger partial charge < -0.3 is 14.6 Å². The van der Waals surface area contributed by atoms with Gasteiger partial charge in [0.05, 0.1) is 17.5 Å². The monoisotopic (exact) mass is 381 g/mol. The zero-order chi connectivity index (χ0) is 18.7. The Morgan fingerprint density at radius 2 is 2.00 bits per heavy atom. The summed E-state index contributed by atoms with van der Waals surface area (Å²) >= 11 is 0. The van der Waals surface area contributed by atoms with Gasteiger partial charge in [-0.3, -0.25) is 0 Å². The summed E-state index contributed by atoms with van der Waals surface area (Å²) in [6, 6.07) is 8.73. The van der Waals surface area contributed by atoms with Crippen LogP contribution in [0, 0.1) is 5.82 Å². The molecular formula is C17H16FNO6S. The third-order valence-electron chi connectivity index (χ3n) is 3.81. The highest BCUT2D eigenvalue weighted by atomic mass is 32.2. The van der Waals surface area contributed by atoms with E-state index in [-0.39, 0.29) is 11.5 Å². The molecule has 138 valence electrons. The van der Waals surface area contributed by atoms with Crippen LogP contribution < -0.4 is 14.2 Å². The molecule has 0 amide bonds. The fourth-order valence-corrected chi connectivity index (χ4v) is 3.85. The van der Waals surface area contributed by atoms with Crippen molar-refractivity contribution in [3.63, 3.8) is 0 Å². The van der Waals surface area contributed by atoms with Gasteiger partial charge in [0, 0.05) is 18.1 Å². The Labute approximate surface area is 149 Å². The number of carboxylic acids is 1. The number of fused-ring (bicyclic) bond motifs is 1. The molecule has 1 aliphatic heterocycles. The van der Waals surface area contributed by atoms with Crippen LogP contribution in [0.5, 0.6) is 11.5 Å². The Balaban J connectivity index is 1.81. The first kappa shape index (κ1) is 18.2. The van der Waals surface area contributed by atoms with Gasteiger partial charge in [0.2, 0.25) is 10.0 Å². The van der Waals surface area contributed by atoms with Crippen LogP contribution in [0.15, 0.2) is 47.4 Å². The maximum atomic E-state index is 13.0. The van der Waals surface area contributed by atoms with Gasteiger partial charge in [-0.15, -0.1) is 0 Å². The predicted molar refractivity (Wildman–Crippen MR) is 89.1 cm³/mol. The quantitative estimate of drug-likeness (QED) is 0.794. The highest BCUT2D eigenvalue weighted by Gasteiger charge is 2.27. The zero-order valence-electron chi connectivity index (χ0n) is 13.5. The molecule has 1 unspecified atom stereocenters. The molecule has 7 nitrogen and oxygen atoms in total. The summed E-state index contributed by atoms with van der Waals surface area (Å²) in [6.07, 6.45) is 0.419. The third kappa shape index (κ3) is 4.12. The van der Waals surface area contributed by atoms with Crippen molar-refractivity contribution in [2.45, 2.75) is 17.4 Å². The number of carbonyl (C=O) groups is 1. The van der Waals surface area contributed by atoms with Crippen molar-refractivity contribution >= 4 is 16.0 Å². The number of ether oxygens (including phenoxy) is 2. The SMILES string of the molecule is O=C(O)COc1ccc2c(c1)OCCC2NS(=O)(=O)c1ccc(F)cc1. The molecule has 0 radical (unpaired) electrons. The van der Waals surface area contributed by atoms with Gasteiger partial charge in [-0.05, 0) is 30.3 Å². The van der Waals surface area contributed by atoms with E-state index in [1.807, 2.05) is 0 Å². The smallest absolute Gasteiger partial charge is 0.341 e. The highest BCUT2D eigenvalue weighted by Crippen LogP contribution is 2.35. The Morgan fingerprint density at radius 3 is 2.69 bits per heavy atom. The standard InChI is InChI=1S/C17H16FNO6S/c18-11-1-4-13(5-2-11)26(22,23)19-15-7-8-24-16-9-12(3-6-14(15)16)25-10-17(20)21/h1-6,9,15,19H,7-8,10H2,(H,20,21). The maximum Gasteiger partial charge on any atom is 0.341 e. The number of rotatable bonds is 6. The summed E-state index contributed by atoms with van der Waals surface area (Å²) in [5.41, 5.74) is 0.615. The fourth-order valence-electron chi connectivity index (χ4n) is 2.60. The number of nitrogens with one attached hydrogen (secondary N) is 1. The minimum absolute atomic E-state index is 0.0339. The Hall–Kier alpha value is -2.65. The number of benzene rings is 2. The average Bonchev–Trinajstić information content (AvgIpc) is 2.60. The molecule has 26 heavy (non-hydrogen) atoms. The van der Waals surface area contributed by atoms with Gasteiger partial charge in [-0.2, -0.15) is 0 Å². The van der Waals surface area contributed by atoms with Gasteiger partial charge in [-0.1, -0.05) is 6.07 Å². The van der Waals surface area contributed by atoms with E-state index >= 15 is 0 Å². The summed E-state index contributed by atoms with van der Waals surface area (Å²) in [7, 11) is -3.83. The molecule has 2 N–H and O–H groups in total. The van der Waals surface area contributed by atoms with Gasteiger partial charge in [0.1, 0.15) is 17.3 Å². The first-order valence-corrected chi connectivity index (χ1v) is 9.23. The van der Waals surface area contributed by atoms with E-state index in [9.17, 15) is 17.6 Å². The molecule has 0 saturated carbocycles. The number of carboxylic acid groups (broad SMARTS) is 1. The maximum absolute atomic E-state index is 13.0. The first-order valence-electron chi connectivity index (χ1n) is 7.74. The molecule has 0 spiro atoms. The molecule has 0 saturated heterocycles. The van der Waals surface area contributed by atoms with Crippen LogP contribution in [0.2, 0.25) is 0 Å². The lowest BCUT2D eigenvalue weighted by Gasteiger charge is -2.27. The van der Waals surface area contributed by atoms with E-state index in [0.29, 0.717) is 23.5 Å². The van der Waals surface area contributed by atoms with E-state index in [0.717, 1.165) is 12.1 Å². The summed E-state index contributed by atoms with van der Waals surface area (Å²) in [5, 5.41) is 8.65. The second kappa shape index (κ2) is 7.30. The lowest BCUT2D eigenvalue weighted by molar-refractivity contribution is -0.139. The van der Waals surface area contributed by atoms with Crippen LogP contribution in [-0.2, 0) is 14.8 Å². The number of hydrogen-bond acceptors (Lipinski definition) is 5. The van der Waals surface area contributed by atoms with Crippen LogP contribution in [0.4, 0.5) is 4.39 Å². The van der Waals surface area contributed by atoms with Crippen LogP contribution in [0.25, 0.3) is 0 Å². The van der Waals surface area contributed by atoms with Gasteiger partial charge >= 0.3 is 5.97 Å². The fraction of sp³-hybridized carbons (Fsp3) is 0.235. The lowest BCUT2D eigenvalue weighted by atomic mass is 10.0. The van der Waals surface area contributed by atoms with Crippen LogP contribution >= 0.6 is 0 Å². The van der Waals surface area contributed by atoms with Crippen molar-refractivity contribution in [1.82, 2.24) is 4.72 Å². The Bertz CT molecular complexity index is 913. The highest BCUT2D eigenvalue weighted by molar-refractivity contribution is 7.89. The first-order chi connectivity index (χ1) is 12.3. The van der Waals surface area contributed by atoms with E-state index in [1.54, 1.807) is 12.1 Å². The third-order valence-corrected chi connectivity index (χ3v) is 5.30. The van der Waals surface area contributed by atoms with E-state index in [4.69, 9.17) is 14.6 Å². The van der Waals surface area contributed by atoms with Crippen LogP contribution in [0.3, 0.4) is 0 Å². The van der Waals surface area contributed by atoms with Crippen molar-refractivity contribution in [3.8, 4) is 11.5 Å². The summed E-state index contributed by atoms with van der Waals surface area (Å²) in [6.45, 7) is -0.203. The van der Waals surface area contributed by atoms with E-state index in [2.05, 4.69) is 4.72 Å². The predicted octanol–water partition coefficient (Wildman–Crippen LogP) is 2.09. The average molecular weight is 381 g/mol. The number of halogens is 1. The normalized spacial score (nSPS) is 16.4. The van der Waals surface area contributed by atoms with Crippen molar-refractivity contribution < 1.29 is 32.2 Å². The second-order valence-electron chi connectivity index (χ2n) is 5.65. The van der Waals surface area contributed by atoms with Crippen LogP contribution in [0.1, 0.15) is 18.0 Å². The molecule has 1 atom stereocenters. The van der Waals surface area contributed by atoms with Gasteiger partial charge in [0.25, 0.3) is 0 Å². The minimum atomic E-state index is -3.83. The summed E-state index contributed by atoms with van der Waals surface area (Å²) < 4.78 is 51.2. The molecule has 1 heterocycles. The largest absolute Gasteiger partial charge is 0.493 e. The topological polar surface area (TPSA) is 102 Å². The van der Waals surface area contributed by atoms with Gasteiger partial charge in [0.15, 0.2) is 6.61 Å². The second-order valence-corrected chi connectivity index (χ2v) is 7.36. The molecule has 2 aromatic rings. The van der Waals surface area contributed by atoms with Crippen molar-refractivity contribution in [2.75, 3.05) is 13.2 Å². The van der Waals surface area contributed by atoms with Crippen LogP contribution in [-0.4, -0.2) is 32.7 Å². The lowest BCUT2D eigenvalue weighted by Crippen LogP contribution is -2.32. The number of aliphatic carboxylic acids is 1. The molecule has 0 aromatic heterocycles. The summed E-state index contributed by atoms with van der Waals surface area (Å²) in [4.78, 5) is 10.5. The molecular weight excluding hydrogens is 365 g/mol. The van der Waals surface area contributed by atoms with E-state index < -0.39 is 34.5 Å². The number of hydrogen-bond donors (Lipinski definition) is 2. The van der Waals surface area contributed by atoms with Gasteiger partial charge in [-0.25, -0.2) is 22.3 Å². The van der Waals surface area contributed by atoms with Crippen molar-refractivity contribution in [3.05, 3.63) is 53.8 Å². The van der Waals surface area contributed by atoms with Crippen molar-refractivity contribution in [1.29, 1.82) is 0 Å². The molecule has 0 bridgehead atoms. The summed E-state index contributed by atoms with van der Waals surface area (Å²) in [5.74, 6) is -0.887. The van der Waals surface area contributed by atoms with Crippen molar-refractivity contribution in [2.24, 2.45) is 0 Å². The molecule has 0 fully saturated rings. The van der Waals surface area contributed by atoms with E-state index in [1.165, 1.54) is 18.2 Å². The molecule has 1 aliphatic rings. The zero-order valence-corrected chi connectivity index (χ0v) is 14.3. The molecule has 3 rings (SSSR count). The molecule has 0 aliphatic carbocycles. The Morgan fingerprint density at radius 1 is 1.27 bits per heavy atom.